The SMILES string of the molecule is COc1ccc(C(=O)N2CCCC2)c(OC2CCN(CC3CCOC3)CC2)c1. The van der Waals surface area contributed by atoms with Crippen LogP contribution >= 0.6 is 0 Å². The average molecular weight is 389 g/mol. The van der Waals surface area contributed by atoms with Crippen molar-refractivity contribution in [3.05, 3.63) is 23.8 Å². The fourth-order valence-electron chi connectivity index (χ4n) is 4.48. The second-order valence-corrected chi connectivity index (χ2v) is 8.21. The molecule has 3 aliphatic rings. The van der Waals surface area contributed by atoms with Gasteiger partial charge in [-0.1, -0.05) is 0 Å². The molecule has 0 saturated carbocycles. The summed E-state index contributed by atoms with van der Waals surface area (Å²) in [6.45, 7) is 6.71. The van der Waals surface area contributed by atoms with Crippen molar-refractivity contribution in [2.24, 2.45) is 5.92 Å². The van der Waals surface area contributed by atoms with E-state index in [1.165, 1.54) is 6.42 Å². The molecule has 3 aliphatic heterocycles. The van der Waals surface area contributed by atoms with Gasteiger partial charge in [-0.2, -0.15) is 0 Å². The number of carbonyl (C=O) groups is 1. The lowest BCUT2D eigenvalue weighted by Crippen LogP contribution is -2.41. The number of hydrogen-bond acceptors (Lipinski definition) is 5. The van der Waals surface area contributed by atoms with Gasteiger partial charge in [0.1, 0.15) is 17.6 Å². The summed E-state index contributed by atoms with van der Waals surface area (Å²) in [5.74, 6) is 2.15. The first-order chi connectivity index (χ1) is 13.7. The van der Waals surface area contributed by atoms with Crippen molar-refractivity contribution in [2.75, 3.05) is 53.0 Å². The highest BCUT2D eigenvalue weighted by Gasteiger charge is 2.27. The largest absolute Gasteiger partial charge is 0.497 e. The van der Waals surface area contributed by atoms with Crippen molar-refractivity contribution in [2.45, 2.75) is 38.2 Å². The van der Waals surface area contributed by atoms with Gasteiger partial charge in [-0.05, 0) is 50.2 Å². The minimum Gasteiger partial charge on any atom is -0.497 e. The van der Waals surface area contributed by atoms with Crippen molar-refractivity contribution in [1.82, 2.24) is 9.80 Å². The minimum atomic E-state index is 0.0776. The molecule has 1 atom stereocenters. The van der Waals surface area contributed by atoms with E-state index in [9.17, 15) is 4.79 Å². The molecule has 6 nitrogen and oxygen atoms in total. The molecule has 3 saturated heterocycles. The Morgan fingerprint density at radius 1 is 1.14 bits per heavy atom. The van der Waals surface area contributed by atoms with E-state index in [4.69, 9.17) is 14.2 Å². The standard InChI is InChI=1S/C22H32N2O4/c1-26-19-4-5-20(22(25)24-9-2-3-10-24)21(14-19)28-18-6-11-23(12-7-18)15-17-8-13-27-16-17/h4-5,14,17-18H,2-3,6-13,15-16H2,1H3. The second kappa shape index (κ2) is 9.14. The number of amides is 1. The lowest BCUT2D eigenvalue weighted by molar-refractivity contribution is 0.0754. The molecule has 0 aliphatic carbocycles. The molecule has 6 heteroatoms. The highest BCUT2D eigenvalue weighted by atomic mass is 16.5. The zero-order chi connectivity index (χ0) is 19.3. The van der Waals surface area contributed by atoms with E-state index in [2.05, 4.69) is 4.90 Å². The summed E-state index contributed by atoms with van der Waals surface area (Å²) < 4.78 is 17.2. The third-order valence-corrected chi connectivity index (χ3v) is 6.18. The highest BCUT2D eigenvalue weighted by Crippen LogP contribution is 2.30. The summed E-state index contributed by atoms with van der Waals surface area (Å²) in [6.07, 6.45) is 5.48. The number of piperidine rings is 1. The van der Waals surface area contributed by atoms with Crippen LogP contribution in [0.2, 0.25) is 0 Å². The number of nitrogens with zero attached hydrogens (tertiary/aromatic N) is 2. The number of rotatable bonds is 6. The van der Waals surface area contributed by atoms with Gasteiger partial charge in [0.05, 0.1) is 19.3 Å². The van der Waals surface area contributed by atoms with Crippen LogP contribution in [0.15, 0.2) is 18.2 Å². The molecular formula is C22H32N2O4. The third-order valence-electron chi connectivity index (χ3n) is 6.18. The number of ether oxygens (including phenoxy) is 3. The number of benzene rings is 1. The van der Waals surface area contributed by atoms with Crippen LogP contribution in [0.3, 0.4) is 0 Å². The van der Waals surface area contributed by atoms with Crippen LogP contribution in [0.1, 0.15) is 42.5 Å². The van der Waals surface area contributed by atoms with Gasteiger partial charge in [0.15, 0.2) is 0 Å². The first kappa shape index (κ1) is 19.5. The monoisotopic (exact) mass is 388 g/mol. The molecule has 154 valence electrons. The van der Waals surface area contributed by atoms with Crippen LogP contribution in [0.4, 0.5) is 0 Å². The van der Waals surface area contributed by atoms with E-state index in [0.717, 1.165) is 77.4 Å². The fourth-order valence-corrected chi connectivity index (χ4v) is 4.48. The average Bonchev–Trinajstić information content (AvgIpc) is 3.43. The quantitative estimate of drug-likeness (QED) is 0.750. The summed E-state index contributed by atoms with van der Waals surface area (Å²) >= 11 is 0. The Morgan fingerprint density at radius 3 is 2.61 bits per heavy atom. The van der Waals surface area contributed by atoms with Gasteiger partial charge >= 0.3 is 0 Å². The molecule has 1 unspecified atom stereocenters. The van der Waals surface area contributed by atoms with Crippen LogP contribution in [-0.4, -0.2) is 74.9 Å². The Morgan fingerprint density at radius 2 is 1.93 bits per heavy atom. The lowest BCUT2D eigenvalue weighted by atomic mass is 10.0. The van der Waals surface area contributed by atoms with Gasteiger partial charge in [-0.25, -0.2) is 0 Å². The molecule has 3 heterocycles. The molecule has 1 aromatic rings. The topological polar surface area (TPSA) is 51.2 Å². The molecule has 0 N–H and O–H groups in total. The van der Waals surface area contributed by atoms with Crippen LogP contribution in [0, 0.1) is 5.92 Å². The molecule has 4 rings (SSSR count). The predicted octanol–water partition coefficient (Wildman–Crippen LogP) is 2.81. The smallest absolute Gasteiger partial charge is 0.257 e. The summed E-state index contributed by atoms with van der Waals surface area (Å²) in [5.41, 5.74) is 0.660. The Hall–Kier alpha value is -1.79. The van der Waals surface area contributed by atoms with Gasteiger partial charge in [0, 0.05) is 45.4 Å². The van der Waals surface area contributed by atoms with E-state index in [-0.39, 0.29) is 12.0 Å². The van der Waals surface area contributed by atoms with Crippen molar-refractivity contribution in [1.29, 1.82) is 0 Å². The van der Waals surface area contributed by atoms with Crippen molar-refractivity contribution >= 4 is 5.91 Å². The molecule has 3 fully saturated rings. The van der Waals surface area contributed by atoms with Crippen molar-refractivity contribution < 1.29 is 19.0 Å². The van der Waals surface area contributed by atoms with E-state index in [0.29, 0.717) is 17.2 Å². The van der Waals surface area contributed by atoms with Crippen LogP contribution in [0.5, 0.6) is 11.5 Å². The summed E-state index contributed by atoms with van der Waals surface area (Å²) in [6, 6.07) is 5.57. The van der Waals surface area contributed by atoms with Crippen LogP contribution in [-0.2, 0) is 4.74 Å². The first-order valence-corrected chi connectivity index (χ1v) is 10.7. The van der Waals surface area contributed by atoms with Gasteiger partial charge in [0.25, 0.3) is 5.91 Å². The lowest BCUT2D eigenvalue weighted by Gasteiger charge is -2.33. The van der Waals surface area contributed by atoms with E-state index < -0.39 is 0 Å². The Labute approximate surface area is 167 Å². The molecule has 0 spiro atoms. The molecular weight excluding hydrogens is 356 g/mol. The van der Waals surface area contributed by atoms with Crippen molar-refractivity contribution in [3.63, 3.8) is 0 Å². The highest BCUT2D eigenvalue weighted by molar-refractivity contribution is 5.97. The van der Waals surface area contributed by atoms with E-state index >= 15 is 0 Å². The van der Waals surface area contributed by atoms with Crippen LogP contribution < -0.4 is 9.47 Å². The second-order valence-electron chi connectivity index (χ2n) is 8.21. The normalized spacial score (nSPS) is 23.9. The van der Waals surface area contributed by atoms with E-state index in [1.54, 1.807) is 7.11 Å². The van der Waals surface area contributed by atoms with Gasteiger partial charge in [0.2, 0.25) is 0 Å². The number of hydrogen-bond donors (Lipinski definition) is 0. The zero-order valence-corrected chi connectivity index (χ0v) is 16.9. The zero-order valence-electron chi connectivity index (χ0n) is 16.9. The minimum absolute atomic E-state index is 0.0776. The maximum Gasteiger partial charge on any atom is 0.257 e. The predicted molar refractivity (Wildman–Crippen MR) is 107 cm³/mol. The Balaban J connectivity index is 1.38. The molecule has 1 aromatic carbocycles. The molecule has 0 aromatic heterocycles. The number of likely N-dealkylation sites (tertiary alicyclic amines) is 2. The van der Waals surface area contributed by atoms with Gasteiger partial charge in [-0.15, -0.1) is 0 Å². The molecule has 0 bridgehead atoms. The van der Waals surface area contributed by atoms with E-state index in [1.807, 2.05) is 23.1 Å². The summed E-state index contributed by atoms with van der Waals surface area (Å²) in [4.78, 5) is 17.4. The van der Waals surface area contributed by atoms with Gasteiger partial charge < -0.3 is 24.0 Å². The number of carbonyl (C=O) groups excluding carboxylic acids is 1. The fraction of sp³-hybridized carbons (Fsp3) is 0.682. The Bertz CT molecular complexity index is 661. The molecule has 28 heavy (non-hydrogen) atoms. The molecule has 1 amide bonds. The first-order valence-electron chi connectivity index (χ1n) is 10.7. The third kappa shape index (κ3) is 4.61. The summed E-state index contributed by atoms with van der Waals surface area (Å²) in [5, 5.41) is 0. The number of methoxy groups -OCH3 is 1. The van der Waals surface area contributed by atoms with Crippen LogP contribution in [0.25, 0.3) is 0 Å². The Kier molecular flexibility index (Phi) is 6.37. The van der Waals surface area contributed by atoms with Crippen molar-refractivity contribution in [3.8, 4) is 11.5 Å². The maximum absolute atomic E-state index is 12.9. The van der Waals surface area contributed by atoms with Gasteiger partial charge in [-0.3, -0.25) is 4.79 Å². The maximum atomic E-state index is 12.9. The summed E-state index contributed by atoms with van der Waals surface area (Å²) in [7, 11) is 1.65. The molecule has 0 radical (unpaired) electrons.